The van der Waals surface area contributed by atoms with Gasteiger partial charge in [-0.1, -0.05) is 13.8 Å². The van der Waals surface area contributed by atoms with Gasteiger partial charge in [0.1, 0.15) is 0 Å². The lowest BCUT2D eigenvalue weighted by molar-refractivity contribution is 0.170. The molecule has 1 aliphatic heterocycles. The van der Waals surface area contributed by atoms with E-state index in [-0.39, 0.29) is 0 Å². The van der Waals surface area contributed by atoms with E-state index in [0.717, 1.165) is 25.6 Å². The molecule has 2 atom stereocenters. The molecule has 0 amide bonds. The SMILES string of the molecule is COCCC(NCC1CCCN1C)C(C)C. The van der Waals surface area contributed by atoms with Gasteiger partial charge >= 0.3 is 0 Å². The quantitative estimate of drug-likeness (QED) is 0.718. The van der Waals surface area contributed by atoms with Crippen molar-refractivity contribution in [3.8, 4) is 0 Å². The molecule has 1 heterocycles. The molecule has 3 heteroatoms. The monoisotopic (exact) mass is 228 g/mol. The van der Waals surface area contributed by atoms with Crippen LogP contribution >= 0.6 is 0 Å². The Labute approximate surface area is 101 Å². The summed E-state index contributed by atoms with van der Waals surface area (Å²) in [7, 11) is 4.01. The standard InChI is InChI=1S/C13H28N2O/c1-11(2)13(7-9-16-4)14-10-12-6-5-8-15(12)3/h11-14H,5-10H2,1-4H3. The zero-order valence-corrected chi connectivity index (χ0v) is 11.3. The van der Waals surface area contributed by atoms with Gasteiger partial charge < -0.3 is 15.0 Å². The van der Waals surface area contributed by atoms with Gasteiger partial charge in [-0.05, 0) is 38.8 Å². The molecule has 0 aromatic carbocycles. The van der Waals surface area contributed by atoms with Gasteiger partial charge in [-0.2, -0.15) is 0 Å². The van der Waals surface area contributed by atoms with Crippen molar-refractivity contribution in [2.45, 2.75) is 45.2 Å². The first-order valence-electron chi connectivity index (χ1n) is 6.57. The van der Waals surface area contributed by atoms with E-state index in [4.69, 9.17) is 4.74 Å². The van der Waals surface area contributed by atoms with Gasteiger partial charge in [0.2, 0.25) is 0 Å². The van der Waals surface area contributed by atoms with Crippen molar-refractivity contribution in [1.29, 1.82) is 0 Å². The van der Waals surface area contributed by atoms with Crippen molar-refractivity contribution in [2.75, 3.05) is 33.9 Å². The van der Waals surface area contributed by atoms with Gasteiger partial charge in [0, 0.05) is 32.3 Å². The Morgan fingerprint density at radius 2 is 2.19 bits per heavy atom. The smallest absolute Gasteiger partial charge is 0.0477 e. The Hall–Kier alpha value is -0.120. The van der Waals surface area contributed by atoms with Gasteiger partial charge in [-0.15, -0.1) is 0 Å². The second-order valence-electron chi connectivity index (χ2n) is 5.32. The van der Waals surface area contributed by atoms with Crippen LogP contribution in [0.15, 0.2) is 0 Å². The molecule has 1 aliphatic rings. The van der Waals surface area contributed by atoms with Gasteiger partial charge in [0.15, 0.2) is 0 Å². The molecule has 16 heavy (non-hydrogen) atoms. The molecular weight excluding hydrogens is 200 g/mol. The van der Waals surface area contributed by atoms with E-state index < -0.39 is 0 Å². The first-order chi connectivity index (χ1) is 7.65. The lowest BCUT2D eigenvalue weighted by Crippen LogP contribution is -2.43. The molecule has 1 fully saturated rings. The lowest BCUT2D eigenvalue weighted by Gasteiger charge is -2.26. The highest BCUT2D eigenvalue weighted by Crippen LogP contribution is 2.15. The molecule has 0 radical (unpaired) electrons. The number of likely N-dealkylation sites (tertiary alicyclic amines) is 1. The van der Waals surface area contributed by atoms with E-state index in [1.54, 1.807) is 7.11 Å². The van der Waals surface area contributed by atoms with Crippen molar-refractivity contribution >= 4 is 0 Å². The average molecular weight is 228 g/mol. The topological polar surface area (TPSA) is 24.5 Å². The van der Waals surface area contributed by atoms with Crippen LogP contribution in [0.25, 0.3) is 0 Å². The first-order valence-corrected chi connectivity index (χ1v) is 6.57. The third kappa shape index (κ3) is 4.40. The molecule has 1 rings (SSSR count). The molecule has 0 bridgehead atoms. The second-order valence-corrected chi connectivity index (χ2v) is 5.32. The molecule has 0 saturated carbocycles. The maximum Gasteiger partial charge on any atom is 0.0477 e. The van der Waals surface area contributed by atoms with Crippen LogP contribution in [0, 0.1) is 5.92 Å². The van der Waals surface area contributed by atoms with Crippen molar-refractivity contribution in [3.63, 3.8) is 0 Å². The minimum absolute atomic E-state index is 0.592. The summed E-state index contributed by atoms with van der Waals surface area (Å²) in [6.07, 6.45) is 3.82. The highest BCUT2D eigenvalue weighted by Gasteiger charge is 2.22. The Balaban J connectivity index is 2.25. The molecule has 96 valence electrons. The van der Waals surface area contributed by atoms with Gasteiger partial charge in [-0.25, -0.2) is 0 Å². The zero-order valence-electron chi connectivity index (χ0n) is 11.3. The number of likely N-dealkylation sites (N-methyl/N-ethyl adjacent to an activating group) is 1. The predicted molar refractivity (Wildman–Crippen MR) is 68.8 cm³/mol. The molecule has 1 N–H and O–H groups in total. The average Bonchev–Trinajstić information content (AvgIpc) is 2.64. The van der Waals surface area contributed by atoms with Crippen LogP contribution in [0.2, 0.25) is 0 Å². The minimum Gasteiger partial charge on any atom is -0.385 e. The number of methoxy groups -OCH3 is 1. The van der Waals surface area contributed by atoms with Gasteiger partial charge in [0.25, 0.3) is 0 Å². The highest BCUT2D eigenvalue weighted by atomic mass is 16.5. The highest BCUT2D eigenvalue weighted by molar-refractivity contribution is 4.81. The first kappa shape index (κ1) is 13.9. The number of rotatable bonds is 7. The molecule has 2 unspecified atom stereocenters. The normalized spacial score (nSPS) is 24.2. The van der Waals surface area contributed by atoms with Crippen molar-refractivity contribution < 1.29 is 4.74 Å². The van der Waals surface area contributed by atoms with Crippen LogP contribution in [0.4, 0.5) is 0 Å². The second kappa shape index (κ2) is 7.25. The number of hydrogen-bond donors (Lipinski definition) is 1. The Morgan fingerprint density at radius 1 is 1.44 bits per heavy atom. The summed E-state index contributed by atoms with van der Waals surface area (Å²) in [4.78, 5) is 2.47. The van der Waals surface area contributed by atoms with E-state index in [9.17, 15) is 0 Å². The molecule has 0 aliphatic carbocycles. The van der Waals surface area contributed by atoms with Gasteiger partial charge in [-0.3, -0.25) is 0 Å². The Morgan fingerprint density at radius 3 is 2.69 bits per heavy atom. The zero-order chi connectivity index (χ0) is 12.0. The van der Waals surface area contributed by atoms with Crippen molar-refractivity contribution in [3.05, 3.63) is 0 Å². The fourth-order valence-electron chi connectivity index (χ4n) is 2.44. The maximum absolute atomic E-state index is 5.17. The summed E-state index contributed by atoms with van der Waals surface area (Å²) in [6, 6.07) is 1.33. The third-order valence-electron chi connectivity index (χ3n) is 3.72. The molecule has 0 aromatic heterocycles. The summed E-state index contributed by atoms with van der Waals surface area (Å²) in [5.74, 6) is 0.682. The molecule has 3 nitrogen and oxygen atoms in total. The summed E-state index contributed by atoms with van der Waals surface area (Å²) >= 11 is 0. The van der Waals surface area contributed by atoms with Crippen LogP contribution < -0.4 is 5.32 Å². The fraction of sp³-hybridized carbons (Fsp3) is 1.00. The summed E-state index contributed by atoms with van der Waals surface area (Å²) in [5.41, 5.74) is 0. The molecule has 0 aromatic rings. The summed E-state index contributed by atoms with van der Waals surface area (Å²) < 4.78 is 5.17. The maximum atomic E-state index is 5.17. The fourth-order valence-corrected chi connectivity index (χ4v) is 2.44. The summed E-state index contributed by atoms with van der Waals surface area (Å²) in [6.45, 7) is 7.81. The van der Waals surface area contributed by atoms with Crippen molar-refractivity contribution in [1.82, 2.24) is 10.2 Å². The third-order valence-corrected chi connectivity index (χ3v) is 3.72. The lowest BCUT2D eigenvalue weighted by atomic mass is 10.0. The number of hydrogen-bond acceptors (Lipinski definition) is 3. The number of nitrogens with zero attached hydrogens (tertiary/aromatic N) is 1. The molecular formula is C13H28N2O. The molecule has 1 saturated heterocycles. The van der Waals surface area contributed by atoms with Crippen LogP contribution in [0.5, 0.6) is 0 Å². The Bertz CT molecular complexity index is 185. The largest absolute Gasteiger partial charge is 0.385 e. The van der Waals surface area contributed by atoms with E-state index >= 15 is 0 Å². The van der Waals surface area contributed by atoms with E-state index in [2.05, 4.69) is 31.1 Å². The van der Waals surface area contributed by atoms with Crippen LogP contribution in [0.1, 0.15) is 33.1 Å². The van der Waals surface area contributed by atoms with E-state index in [1.165, 1.54) is 19.4 Å². The van der Waals surface area contributed by atoms with Gasteiger partial charge in [0.05, 0.1) is 0 Å². The summed E-state index contributed by atoms with van der Waals surface area (Å²) in [5, 5.41) is 3.70. The number of nitrogens with one attached hydrogen (secondary N) is 1. The van der Waals surface area contributed by atoms with Crippen molar-refractivity contribution in [2.24, 2.45) is 5.92 Å². The number of ether oxygens (including phenoxy) is 1. The van der Waals surface area contributed by atoms with Crippen LogP contribution in [-0.4, -0.2) is 50.8 Å². The predicted octanol–water partition coefficient (Wildman–Crippen LogP) is 1.73. The minimum atomic E-state index is 0.592. The molecule has 0 spiro atoms. The Kier molecular flexibility index (Phi) is 6.32. The van der Waals surface area contributed by atoms with E-state index in [1.807, 2.05) is 0 Å². The van der Waals surface area contributed by atoms with E-state index in [0.29, 0.717) is 12.0 Å². The van der Waals surface area contributed by atoms with Crippen LogP contribution in [-0.2, 0) is 4.74 Å². The van der Waals surface area contributed by atoms with Crippen LogP contribution in [0.3, 0.4) is 0 Å².